The van der Waals surface area contributed by atoms with Crippen LogP contribution in [0, 0.1) is 0 Å². The van der Waals surface area contributed by atoms with Crippen LogP contribution in [0.5, 0.6) is 0 Å². The van der Waals surface area contributed by atoms with Crippen LogP contribution in [0.15, 0.2) is 36.4 Å². The molecule has 1 atom stereocenters. The van der Waals surface area contributed by atoms with E-state index in [1.54, 1.807) is 6.08 Å². The van der Waals surface area contributed by atoms with Gasteiger partial charge in [-0.25, -0.2) is 0 Å². The second-order valence-electron chi connectivity index (χ2n) is 5.98. The van der Waals surface area contributed by atoms with Crippen molar-refractivity contribution in [2.75, 3.05) is 13.7 Å². The zero-order valence-corrected chi connectivity index (χ0v) is 13.0. The number of esters is 1. The molecule has 4 rings (SSSR count). The summed E-state index contributed by atoms with van der Waals surface area (Å²) >= 11 is 0. The quantitative estimate of drug-likeness (QED) is 0.799. The highest BCUT2D eigenvalue weighted by Gasteiger charge is 2.35. The molecule has 0 N–H and O–H groups in total. The van der Waals surface area contributed by atoms with Crippen molar-refractivity contribution in [2.45, 2.75) is 25.4 Å². The SMILES string of the molecule is COC(=O)Cn1c2c(c3ccccc31)CCN1C(=O)C=CC[C@@H]21. The number of ether oxygens (including phenoxy) is 1. The average Bonchev–Trinajstić information content (AvgIpc) is 2.90. The molecule has 0 fully saturated rings. The number of rotatable bonds is 2. The molecule has 0 radical (unpaired) electrons. The van der Waals surface area contributed by atoms with Gasteiger partial charge in [0.1, 0.15) is 6.54 Å². The summed E-state index contributed by atoms with van der Waals surface area (Å²) in [7, 11) is 1.40. The number of aromatic nitrogens is 1. The van der Waals surface area contributed by atoms with Gasteiger partial charge in [0, 0.05) is 23.1 Å². The van der Waals surface area contributed by atoms with E-state index in [4.69, 9.17) is 4.74 Å². The zero-order chi connectivity index (χ0) is 16.0. The lowest BCUT2D eigenvalue weighted by Crippen LogP contribution is -2.41. The Balaban J connectivity index is 1.94. The number of para-hydroxylation sites is 1. The Bertz CT molecular complexity index is 834. The molecule has 0 saturated carbocycles. The van der Waals surface area contributed by atoms with Crippen molar-refractivity contribution in [1.29, 1.82) is 0 Å². The maximum atomic E-state index is 12.2. The first kappa shape index (κ1) is 14.1. The van der Waals surface area contributed by atoms with Gasteiger partial charge in [-0.1, -0.05) is 24.3 Å². The molecular weight excluding hydrogens is 292 g/mol. The van der Waals surface area contributed by atoms with Crippen LogP contribution in [0.4, 0.5) is 0 Å². The molecule has 0 saturated heterocycles. The van der Waals surface area contributed by atoms with Gasteiger partial charge in [-0.2, -0.15) is 0 Å². The zero-order valence-electron chi connectivity index (χ0n) is 13.0. The number of nitrogens with zero attached hydrogens (tertiary/aromatic N) is 2. The van der Waals surface area contributed by atoms with Gasteiger partial charge in [-0.05, 0) is 30.5 Å². The fourth-order valence-corrected chi connectivity index (χ4v) is 3.83. The number of carbonyl (C=O) groups is 2. The van der Waals surface area contributed by atoms with Crippen molar-refractivity contribution in [1.82, 2.24) is 9.47 Å². The Hall–Kier alpha value is -2.56. The predicted molar refractivity (Wildman–Crippen MR) is 85.9 cm³/mol. The van der Waals surface area contributed by atoms with E-state index >= 15 is 0 Å². The smallest absolute Gasteiger partial charge is 0.325 e. The van der Waals surface area contributed by atoms with E-state index in [2.05, 4.69) is 6.07 Å². The molecule has 5 nitrogen and oxygen atoms in total. The summed E-state index contributed by atoms with van der Waals surface area (Å²) in [5.74, 6) is -0.217. The number of carbonyl (C=O) groups excluding carboxylic acids is 2. The van der Waals surface area contributed by atoms with Crippen LogP contribution in [0.1, 0.15) is 23.7 Å². The molecule has 0 spiro atoms. The monoisotopic (exact) mass is 310 g/mol. The van der Waals surface area contributed by atoms with Crippen molar-refractivity contribution >= 4 is 22.8 Å². The minimum absolute atomic E-state index is 0.00769. The fourth-order valence-electron chi connectivity index (χ4n) is 3.83. The van der Waals surface area contributed by atoms with Gasteiger partial charge in [0.15, 0.2) is 0 Å². The van der Waals surface area contributed by atoms with Crippen LogP contribution in [0.3, 0.4) is 0 Å². The molecule has 23 heavy (non-hydrogen) atoms. The van der Waals surface area contributed by atoms with Gasteiger partial charge >= 0.3 is 5.97 Å². The maximum absolute atomic E-state index is 12.2. The van der Waals surface area contributed by atoms with Gasteiger partial charge in [0.2, 0.25) is 5.91 Å². The highest BCUT2D eigenvalue weighted by molar-refractivity contribution is 5.91. The summed E-state index contributed by atoms with van der Waals surface area (Å²) < 4.78 is 6.89. The van der Waals surface area contributed by atoms with Crippen molar-refractivity contribution in [3.05, 3.63) is 47.7 Å². The third-order valence-electron chi connectivity index (χ3n) is 4.83. The van der Waals surface area contributed by atoms with Crippen LogP contribution in [0.25, 0.3) is 10.9 Å². The van der Waals surface area contributed by atoms with E-state index in [1.807, 2.05) is 33.7 Å². The molecule has 2 aliphatic heterocycles. The molecule has 2 aliphatic rings. The molecule has 1 aromatic heterocycles. The molecule has 1 aromatic carbocycles. The highest BCUT2D eigenvalue weighted by atomic mass is 16.5. The van der Waals surface area contributed by atoms with Gasteiger partial charge in [0.05, 0.1) is 13.2 Å². The number of fused-ring (bicyclic) bond motifs is 5. The maximum Gasteiger partial charge on any atom is 0.325 e. The van der Waals surface area contributed by atoms with Gasteiger partial charge in [0.25, 0.3) is 0 Å². The molecular formula is C18H18N2O3. The van der Waals surface area contributed by atoms with E-state index in [1.165, 1.54) is 18.1 Å². The van der Waals surface area contributed by atoms with Crippen LogP contribution < -0.4 is 0 Å². The van der Waals surface area contributed by atoms with Gasteiger partial charge < -0.3 is 14.2 Å². The average molecular weight is 310 g/mol. The molecule has 118 valence electrons. The Kier molecular flexibility index (Phi) is 3.22. The second kappa shape index (κ2) is 5.26. The summed E-state index contributed by atoms with van der Waals surface area (Å²) in [6, 6.07) is 8.13. The minimum atomic E-state index is -0.275. The first-order chi connectivity index (χ1) is 11.2. The Morgan fingerprint density at radius 1 is 1.35 bits per heavy atom. The first-order valence-electron chi connectivity index (χ1n) is 7.84. The molecule has 2 aromatic rings. The number of amides is 1. The van der Waals surface area contributed by atoms with Crippen molar-refractivity contribution in [3.63, 3.8) is 0 Å². The van der Waals surface area contributed by atoms with E-state index in [0.717, 1.165) is 30.6 Å². The van der Waals surface area contributed by atoms with E-state index < -0.39 is 0 Å². The van der Waals surface area contributed by atoms with E-state index in [9.17, 15) is 9.59 Å². The molecule has 3 heterocycles. The normalized spacial score (nSPS) is 19.6. The molecule has 5 heteroatoms. The van der Waals surface area contributed by atoms with Crippen molar-refractivity contribution < 1.29 is 14.3 Å². The first-order valence-corrected chi connectivity index (χ1v) is 7.84. The molecule has 0 bridgehead atoms. The Morgan fingerprint density at radius 2 is 2.17 bits per heavy atom. The lowest BCUT2D eigenvalue weighted by Gasteiger charge is -2.38. The lowest BCUT2D eigenvalue weighted by molar-refractivity contribution is -0.141. The standard InChI is InChI=1S/C18H18N2O3/c1-23-17(22)11-20-14-6-3-2-5-12(14)13-9-10-19-15(18(13)20)7-4-8-16(19)21/h2-6,8,15H,7,9-11H2,1H3/t15-/m0/s1. The third-order valence-corrected chi connectivity index (χ3v) is 4.83. The lowest BCUT2D eigenvalue weighted by atomic mass is 9.93. The summed E-state index contributed by atoms with van der Waals surface area (Å²) in [6.45, 7) is 0.904. The third kappa shape index (κ3) is 2.07. The van der Waals surface area contributed by atoms with Crippen molar-refractivity contribution in [2.24, 2.45) is 0 Å². The second-order valence-corrected chi connectivity index (χ2v) is 5.98. The summed E-state index contributed by atoms with van der Waals surface area (Å²) in [5.41, 5.74) is 3.38. The summed E-state index contributed by atoms with van der Waals surface area (Å²) in [4.78, 5) is 26.0. The minimum Gasteiger partial charge on any atom is -0.468 e. The molecule has 0 aliphatic carbocycles. The van der Waals surface area contributed by atoms with E-state index in [0.29, 0.717) is 0 Å². The van der Waals surface area contributed by atoms with E-state index in [-0.39, 0.29) is 24.5 Å². The fraction of sp³-hybridized carbons (Fsp3) is 0.333. The largest absolute Gasteiger partial charge is 0.468 e. The number of methoxy groups -OCH3 is 1. The number of hydrogen-bond acceptors (Lipinski definition) is 3. The topological polar surface area (TPSA) is 51.5 Å². The van der Waals surface area contributed by atoms with Crippen LogP contribution in [-0.2, 0) is 27.3 Å². The summed E-state index contributed by atoms with van der Waals surface area (Å²) in [6.07, 6.45) is 5.18. The van der Waals surface area contributed by atoms with Gasteiger partial charge in [-0.3, -0.25) is 9.59 Å². The van der Waals surface area contributed by atoms with Crippen molar-refractivity contribution in [3.8, 4) is 0 Å². The number of benzene rings is 1. The molecule has 1 amide bonds. The van der Waals surface area contributed by atoms with Crippen LogP contribution >= 0.6 is 0 Å². The Labute approximate surface area is 134 Å². The van der Waals surface area contributed by atoms with Crippen LogP contribution in [-0.4, -0.2) is 35.0 Å². The highest BCUT2D eigenvalue weighted by Crippen LogP contribution is 2.40. The predicted octanol–water partition coefficient (Wildman–Crippen LogP) is 2.20. The Morgan fingerprint density at radius 3 is 3.00 bits per heavy atom. The van der Waals surface area contributed by atoms with Crippen LogP contribution in [0.2, 0.25) is 0 Å². The summed E-state index contributed by atoms with van der Waals surface area (Å²) in [5, 5.41) is 1.17. The number of hydrogen-bond donors (Lipinski definition) is 0. The molecule has 0 unspecified atom stereocenters. The van der Waals surface area contributed by atoms with Gasteiger partial charge in [-0.15, -0.1) is 0 Å².